The maximum absolute atomic E-state index is 12.3. The molecule has 0 spiro atoms. The molecule has 0 bridgehead atoms. The van der Waals surface area contributed by atoms with Gasteiger partial charge in [0.25, 0.3) is 5.91 Å². The third-order valence-electron chi connectivity index (χ3n) is 3.69. The molecule has 1 aromatic carbocycles. The van der Waals surface area contributed by atoms with E-state index >= 15 is 0 Å². The standard InChI is InChI=1S/C15H20ClN3O2/c1-9-6-7-17-13(9)14(20)18-12-8-10(16)4-5-11(12)15(21)19(2)3/h4-5,8-9,13,17H,6-7H2,1-3H3,(H,18,20). The minimum Gasteiger partial charge on any atom is -0.345 e. The summed E-state index contributed by atoms with van der Waals surface area (Å²) in [5, 5.41) is 6.48. The van der Waals surface area contributed by atoms with Crippen LogP contribution in [0, 0.1) is 5.92 Å². The van der Waals surface area contributed by atoms with E-state index in [1.54, 1.807) is 32.3 Å². The molecule has 114 valence electrons. The predicted octanol–water partition coefficient (Wildman–Crippen LogP) is 1.98. The van der Waals surface area contributed by atoms with Crippen LogP contribution in [-0.4, -0.2) is 43.4 Å². The highest BCUT2D eigenvalue weighted by Gasteiger charge is 2.30. The summed E-state index contributed by atoms with van der Waals surface area (Å²) in [6.07, 6.45) is 0.969. The molecular formula is C15H20ClN3O2. The fourth-order valence-electron chi connectivity index (χ4n) is 2.44. The molecule has 2 unspecified atom stereocenters. The lowest BCUT2D eigenvalue weighted by Gasteiger charge is -2.18. The van der Waals surface area contributed by atoms with Gasteiger partial charge in [-0.3, -0.25) is 9.59 Å². The van der Waals surface area contributed by atoms with Gasteiger partial charge >= 0.3 is 0 Å². The second kappa shape index (κ2) is 6.45. The summed E-state index contributed by atoms with van der Waals surface area (Å²) in [5.74, 6) is -0.0262. The molecule has 1 fully saturated rings. The summed E-state index contributed by atoms with van der Waals surface area (Å²) in [4.78, 5) is 26.0. The summed E-state index contributed by atoms with van der Waals surface area (Å²) in [6, 6.07) is 4.65. The zero-order valence-electron chi connectivity index (χ0n) is 12.4. The molecule has 2 amide bonds. The van der Waals surface area contributed by atoms with Gasteiger partial charge in [0.05, 0.1) is 17.3 Å². The normalized spacial score (nSPS) is 21.1. The number of anilines is 1. The van der Waals surface area contributed by atoms with E-state index in [2.05, 4.69) is 10.6 Å². The molecule has 21 heavy (non-hydrogen) atoms. The number of nitrogens with zero attached hydrogens (tertiary/aromatic N) is 1. The summed E-state index contributed by atoms with van der Waals surface area (Å²) in [5.41, 5.74) is 0.885. The highest BCUT2D eigenvalue weighted by atomic mass is 35.5. The van der Waals surface area contributed by atoms with Crippen molar-refractivity contribution in [2.75, 3.05) is 26.0 Å². The highest BCUT2D eigenvalue weighted by Crippen LogP contribution is 2.24. The Bertz CT molecular complexity index is 560. The summed E-state index contributed by atoms with van der Waals surface area (Å²) in [6.45, 7) is 2.87. The van der Waals surface area contributed by atoms with E-state index in [1.165, 1.54) is 4.90 Å². The average Bonchev–Trinajstić information content (AvgIpc) is 2.84. The lowest BCUT2D eigenvalue weighted by molar-refractivity contribution is -0.118. The molecule has 0 saturated carbocycles. The second-order valence-electron chi connectivity index (χ2n) is 5.58. The van der Waals surface area contributed by atoms with Crippen molar-refractivity contribution in [3.05, 3.63) is 28.8 Å². The zero-order valence-corrected chi connectivity index (χ0v) is 13.2. The second-order valence-corrected chi connectivity index (χ2v) is 6.01. The maximum atomic E-state index is 12.3. The first kappa shape index (κ1) is 15.8. The molecule has 0 aromatic heterocycles. The molecule has 2 atom stereocenters. The molecule has 6 heteroatoms. The third-order valence-corrected chi connectivity index (χ3v) is 3.93. The first-order valence-corrected chi connectivity index (χ1v) is 7.33. The number of hydrogen-bond donors (Lipinski definition) is 2. The molecule has 0 radical (unpaired) electrons. The lowest BCUT2D eigenvalue weighted by atomic mass is 10.0. The van der Waals surface area contributed by atoms with Crippen LogP contribution in [-0.2, 0) is 4.79 Å². The minimum absolute atomic E-state index is 0.130. The molecule has 1 aromatic rings. The predicted molar refractivity (Wildman–Crippen MR) is 83.7 cm³/mol. The maximum Gasteiger partial charge on any atom is 0.255 e. The average molecular weight is 310 g/mol. The van der Waals surface area contributed by atoms with Crippen molar-refractivity contribution in [2.24, 2.45) is 5.92 Å². The van der Waals surface area contributed by atoms with Crippen LogP contribution >= 0.6 is 11.6 Å². The summed E-state index contributed by atoms with van der Waals surface area (Å²) >= 11 is 5.98. The van der Waals surface area contributed by atoms with Crippen molar-refractivity contribution in [3.63, 3.8) is 0 Å². The van der Waals surface area contributed by atoms with Gasteiger partial charge < -0.3 is 15.5 Å². The molecule has 2 rings (SSSR count). The van der Waals surface area contributed by atoms with Crippen LogP contribution < -0.4 is 10.6 Å². The van der Waals surface area contributed by atoms with Crippen molar-refractivity contribution < 1.29 is 9.59 Å². The minimum atomic E-state index is -0.230. The Kier molecular flexibility index (Phi) is 4.85. The number of carbonyl (C=O) groups excluding carboxylic acids is 2. The third kappa shape index (κ3) is 3.54. The highest BCUT2D eigenvalue weighted by molar-refractivity contribution is 6.31. The van der Waals surface area contributed by atoms with E-state index in [4.69, 9.17) is 11.6 Å². The van der Waals surface area contributed by atoms with Gasteiger partial charge in [-0.15, -0.1) is 0 Å². The fraction of sp³-hybridized carbons (Fsp3) is 0.467. The van der Waals surface area contributed by atoms with Crippen LogP contribution in [0.5, 0.6) is 0 Å². The number of carbonyl (C=O) groups is 2. The van der Waals surface area contributed by atoms with Crippen molar-refractivity contribution in [1.82, 2.24) is 10.2 Å². The van der Waals surface area contributed by atoms with Gasteiger partial charge in [-0.05, 0) is 37.1 Å². The van der Waals surface area contributed by atoms with E-state index in [9.17, 15) is 9.59 Å². The quantitative estimate of drug-likeness (QED) is 0.897. The van der Waals surface area contributed by atoms with Crippen LogP contribution in [0.3, 0.4) is 0 Å². The molecule has 1 aliphatic heterocycles. The Morgan fingerprint density at radius 3 is 2.67 bits per heavy atom. The summed E-state index contributed by atoms with van der Waals surface area (Å²) < 4.78 is 0. The number of amides is 2. The van der Waals surface area contributed by atoms with Gasteiger partial charge in [0.1, 0.15) is 0 Å². The Hall–Kier alpha value is -1.59. The van der Waals surface area contributed by atoms with Gasteiger partial charge in [-0.1, -0.05) is 18.5 Å². The van der Waals surface area contributed by atoms with Crippen LogP contribution in [0.2, 0.25) is 5.02 Å². The van der Waals surface area contributed by atoms with Crippen LogP contribution in [0.4, 0.5) is 5.69 Å². The molecule has 1 saturated heterocycles. The Balaban J connectivity index is 2.24. The van der Waals surface area contributed by atoms with Crippen molar-refractivity contribution >= 4 is 29.1 Å². The van der Waals surface area contributed by atoms with Crippen LogP contribution in [0.25, 0.3) is 0 Å². The van der Waals surface area contributed by atoms with E-state index in [0.29, 0.717) is 16.3 Å². The zero-order chi connectivity index (χ0) is 15.6. The van der Waals surface area contributed by atoms with Gasteiger partial charge in [-0.25, -0.2) is 0 Å². The molecule has 5 nitrogen and oxygen atoms in total. The lowest BCUT2D eigenvalue weighted by Crippen LogP contribution is -2.39. The van der Waals surface area contributed by atoms with E-state index < -0.39 is 0 Å². The number of hydrogen-bond acceptors (Lipinski definition) is 3. The van der Waals surface area contributed by atoms with Gasteiger partial charge in [0.15, 0.2) is 0 Å². The molecule has 0 aliphatic carbocycles. The largest absolute Gasteiger partial charge is 0.345 e. The smallest absolute Gasteiger partial charge is 0.255 e. The Labute approximate surface area is 129 Å². The van der Waals surface area contributed by atoms with Crippen LogP contribution in [0.1, 0.15) is 23.7 Å². The van der Waals surface area contributed by atoms with E-state index in [1.807, 2.05) is 6.92 Å². The molecule has 2 N–H and O–H groups in total. The van der Waals surface area contributed by atoms with Gasteiger partial charge in [0.2, 0.25) is 5.91 Å². The number of nitrogens with one attached hydrogen (secondary N) is 2. The van der Waals surface area contributed by atoms with Crippen molar-refractivity contribution in [2.45, 2.75) is 19.4 Å². The van der Waals surface area contributed by atoms with Crippen LogP contribution in [0.15, 0.2) is 18.2 Å². The van der Waals surface area contributed by atoms with Gasteiger partial charge in [0, 0.05) is 19.1 Å². The van der Waals surface area contributed by atoms with Crippen molar-refractivity contribution in [1.29, 1.82) is 0 Å². The number of rotatable bonds is 3. The Morgan fingerprint density at radius 2 is 2.10 bits per heavy atom. The molecular weight excluding hydrogens is 290 g/mol. The topological polar surface area (TPSA) is 61.4 Å². The monoisotopic (exact) mass is 309 g/mol. The van der Waals surface area contributed by atoms with Crippen molar-refractivity contribution in [3.8, 4) is 0 Å². The molecule has 1 aliphatic rings. The number of benzene rings is 1. The number of halogens is 1. The first-order valence-electron chi connectivity index (χ1n) is 6.95. The van der Waals surface area contributed by atoms with Gasteiger partial charge in [-0.2, -0.15) is 0 Å². The fourth-order valence-corrected chi connectivity index (χ4v) is 2.62. The SMILES string of the molecule is CC1CCNC1C(=O)Nc1cc(Cl)ccc1C(=O)N(C)C. The first-order chi connectivity index (χ1) is 9.90. The van der Waals surface area contributed by atoms with E-state index in [-0.39, 0.29) is 23.8 Å². The van der Waals surface area contributed by atoms with E-state index in [0.717, 1.165) is 13.0 Å². The Morgan fingerprint density at radius 1 is 1.38 bits per heavy atom. The summed E-state index contributed by atoms with van der Waals surface area (Å²) in [7, 11) is 3.34. The molecule has 1 heterocycles.